The minimum atomic E-state index is -0.308. The van der Waals surface area contributed by atoms with E-state index in [1.54, 1.807) is 24.4 Å². The number of aromatic hydroxyl groups is 1. The summed E-state index contributed by atoms with van der Waals surface area (Å²) < 4.78 is 13.8. The SMILES string of the molecule is CC(C)c1ncc(-c2ccc3nccc(F)c3c2)cc1O. The van der Waals surface area contributed by atoms with Gasteiger partial charge < -0.3 is 5.11 Å². The molecule has 3 aromatic rings. The summed E-state index contributed by atoms with van der Waals surface area (Å²) in [6, 6.07) is 8.34. The molecule has 0 radical (unpaired) electrons. The van der Waals surface area contributed by atoms with Gasteiger partial charge in [0.25, 0.3) is 0 Å². The summed E-state index contributed by atoms with van der Waals surface area (Å²) in [6.45, 7) is 3.94. The Labute approximate surface area is 122 Å². The number of fused-ring (bicyclic) bond motifs is 1. The number of aromatic nitrogens is 2. The standard InChI is InChI=1S/C17H15FN2O/c1-10(2)17-16(21)8-12(9-20-17)11-3-4-15-13(7-11)14(18)5-6-19-15/h3-10,21H,1-2H3. The van der Waals surface area contributed by atoms with Gasteiger partial charge in [-0.3, -0.25) is 9.97 Å². The van der Waals surface area contributed by atoms with Gasteiger partial charge in [0.2, 0.25) is 0 Å². The zero-order valence-electron chi connectivity index (χ0n) is 11.8. The topological polar surface area (TPSA) is 46.0 Å². The van der Waals surface area contributed by atoms with E-state index >= 15 is 0 Å². The average Bonchev–Trinajstić information content (AvgIpc) is 2.47. The van der Waals surface area contributed by atoms with Crippen LogP contribution in [0.1, 0.15) is 25.5 Å². The van der Waals surface area contributed by atoms with Gasteiger partial charge in [0.1, 0.15) is 11.6 Å². The van der Waals surface area contributed by atoms with Gasteiger partial charge in [-0.15, -0.1) is 0 Å². The second-order valence-electron chi connectivity index (χ2n) is 5.31. The van der Waals surface area contributed by atoms with E-state index in [9.17, 15) is 9.50 Å². The van der Waals surface area contributed by atoms with Crippen LogP contribution in [-0.4, -0.2) is 15.1 Å². The monoisotopic (exact) mass is 282 g/mol. The molecule has 1 aromatic carbocycles. The van der Waals surface area contributed by atoms with Gasteiger partial charge in [-0.25, -0.2) is 4.39 Å². The predicted molar refractivity (Wildman–Crippen MR) is 80.7 cm³/mol. The average molecular weight is 282 g/mol. The van der Waals surface area contributed by atoms with Crippen LogP contribution in [0.5, 0.6) is 5.75 Å². The lowest BCUT2D eigenvalue weighted by Crippen LogP contribution is -1.94. The van der Waals surface area contributed by atoms with Crippen LogP contribution in [-0.2, 0) is 0 Å². The van der Waals surface area contributed by atoms with Crippen LogP contribution in [0.2, 0.25) is 0 Å². The fourth-order valence-corrected chi connectivity index (χ4v) is 2.36. The zero-order valence-corrected chi connectivity index (χ0v) is 11.8. The highest BCUT2D eigenvalue weighted by Gasteiger charge is 2.10. The van der Waals surface area contributed by atoms with Crippen molar-refractivity contribution in [2.24, 2.45) is 0 Å². The van der Waals surface area contributed by atoms with Crippen molar-refractivity contribution in [3.8, 4) is 16.9 Å². The van der Waals surface area contributed by atoms with E-state index in [2.05, 4.69) is 9.97 Å². The lowest BCUT2D eigenvalue weighted by molar-refractivity contribution is 0.460. The fraction of sp³-hybridized carbons (Fsp3) is 0.176. The Morgan fingerprint density at radius 2 is 1.86 bits per heavy atom. The summed E-state index contributed by atoms with van der Waals surface area (Å²) >= 11 is 0. The van der Waals surface area contributed by atoms with Crippen LogP contribution in [0.4, 0.5) is 4.39 Å². The smallest absolute Gasteiger partial charge is 0.137 e. The van der Waals surface area contributed by atoms with Crippen molar-refractivity contribution in [2.75, 3.05) is 0 Å². The van der Waals surface area contributed by atoms with Crippen molar-refractivity contribution in [1.29, 1.82) is 0 Å². The second kappa shape index (κ2) is 5.13. The van der Waals surface area contributed by atoms with Gasteiger partial charge >= 0.3 is 0 Å². The van der Waals surface area contributed by atoms with E-state index in [1.165, 1.54) is 12.3 Å². The molecule has 3 rings (SSSR count). The van der Waals surface area contributed by atoms with Crippen molar-refractivity contribution in [3.63, 3.8) is 0 Å². The highest BCUT2D eigenvalue weighted by atomic mass is 19.1. The van der Waals surface area contributed by atoms with E-state index in [0.717, 1.165) is 11.1 Å². The zero-order chi connectivity index (χ0) is 15.0. The van der Waals surface area contributed by atoms with E-state index < -0.39 is 0 Å². The minimum Gasteiger partial charge on any atom is -0.506 e. The normalized spacial score (nSPS) is 11.2. The Morgan fingerprint density at radius 1 is 1.05 bits per heavy atom. The summed E-state index contributed by atoms with van der Waals surface area (Å²) in [5, 5.41) is 10.5. The van der Waals surface area contributed by atoms with Crippen molar-refractivity contribution < 1.29 is 9.50 Å². The number of rotatable bonds is 2. The molecule has 0 unspecified atom stereocenters. The third kappa shape index (κ3) is 2.44. The maximum Gasteiger partial charge on any atom is 0.137 e. The molecule has 2 heterocycles. The second-order valence-corrected chi connectivity index (χ2v) is 5.31. The number of halogens is 1. The molecule has 0 aliphatic rings. The van der Waals surface area contributed by atoms with Crippen molar-refractivity contribution >= 4 is 10.9 Å². The Hall–Kier alpha value is -2.49. The summed E-state index contributed by atoms with van der Waals surface area (Å²) in [4.78, 5) is 8.42. The molecule has 0 saturated heterocycles. The van der Waals surface area contributed by atoms with Gasteiger partial charge in [0, 0.05) is 23.3 Å². The first kappa shape index (κ1) is 13.5. The van der Waals surface area contributed by atoms with Crippen LogP contribution in [0.3, 0.4) is 0 Å². The summed E-state index contributed by atoms with van der Waals surface area (Å²) in [6.07, 6.45) is 3.15. The number of hydrogen-bond donors (Lipinski definition) is 1. The molecule has 0 fully saturated rings. The molecule has 0 bridgehead atoms. The molecule has 0 atom stereocenters. The molecule has 1 N–H and O–H groups in total. The lowest BCUT2D eigenvalue weighted by atomic mass is 10.0. The van der Waals surface area contributed by atoms with Crippen molar-refractivity contribution in [3.05, 3.63) is 54.2 Å². The van der Waals surface area contributed by atoms with Crippen LogP contribution in [0.25, 0.3) is 22.0 Å². The number of nitrogens with zero attached hydrogens (tertiary/aromatic N) is 2. The quantitative estimate of drug-likeness (QED) is 0.763. The van der Waals surface area contributed by atoms with Crippen LogP contribution >= 0.6 is 0 Å². The van der Waals surface area contributed by atoms with Gasteiger partial charge in [-0.1, -0.05) is 19.9 Å². The van der Waals surface area contributed by atoms with E-state index in [1.807, 2.05) is 19.9 Å². The fourth-order valence-electron chi connectivity index (χ4n) is 2.36. The largest absolute Gasteiger partial charge is 0.506 e. The lowest BCUT2D eigenvalue weighted by Gasteiger charge is -2.09. The molecule has 4 heteroatoms. The molecular formula is C17H15FN2O. The molecule has 0 aliphatic carbocycles. The van der Waals surface area contributed by atoms with E-state index in [4.69, 9.17) is 0 Å². The molecule has 0 aliphatic heterocycles. The van der Waals surface area contributed by atoms with Gasteiger partial charge in [-0.2, -0.15) is 0 Å². The van der Waals surface area contributed by atoms with Crippen LogP contribution < -0.4 is 0 Å². The Kier molecular flexibility index (Phi) is 3.29. The number of pyridine rings is 2. The molecule has 2 aromatic heterocycles. The summed E-state index contributed by atoms with van der Waals surface area (Å²) in [7, 11) is 0. The molecule has 21 heavy (non-hydrogen) atoms. The summed E-state index contributed by atoms with van der Waals surface area (Å²) in [5.74, 6) is 0.00406. The number of benzene rings is 1. The Balaban J connectivity index is 2.12. The van der Waals surface area contributed by atoms with Gasteiger partial charge in [0.05, 0.1) is 11.2 Å². The molecule has 0 saturated carbocycles. The first-order valence-electron chi connectivity index (χ1n) is 6.80. The molecule has 0 amide bonds. The predicted octanol–water partition coefficient (Wildman–Crippen LogP) is 4.26. The van der Waals surface area contributed by atoms with Gasteiger partial charge in [-0.05, 0) is 35.7 Å². The van der Waals surface area contributed by atoms with Crippen molar-refractivity contribution in [2.45, 2.75) is 19.8 Å². The highest BCUT2D eigenvalue weighted by Crippen LogP contribution is 2.30. The first-order valence-corrected chi connectivity index (χ1v) is 6.80. The maximum atomic E-state index is 13.8. The van der Waals surface area contributed by atoms with Gasteiger partial charge in [0.15, 0.2) is 0 Å². The third-order valence-electron chi connectivity index (χ3n) is 3.47. The Morgan fingerprint density at radius 3 is 2.57 bits per heavy atom. The molecule has 106 valence electrons. The van der Waals surface area contributed by atoms with E-state index in [-0.39, 0.29) is 17.5 Å². The van der Waals surface area contributed by atoms with Crippen LogP contribution in [0.15, 0.2) is 42.7 Å². The first-order chi connectivity index (χ1) is 10.1. The molecular weight excluding hydrogens is 267 g/mol. The molecule has 0 spiro atoms. The summed E-state index contributed by atoms with van der Waals surface area (Å²) in [5.41, 5.74) is 2.82. The number of hydrogen-bond acceptors (Lipinski definition) is 3. The third-order valence-corrected chi connectivity index (χ3v) is 3.47. The minimum absolute atomic E-state index is 0.150. The van der Waals surface area contributed by atoms with Crippen molar-refractivity contribution in [1.82, 2.24) is 9.97 Å². The molecule has 3 nitrogen and oxygen atoms in total. The van der Waals surface area contributed by atoms with E-state index in [0.29, 0.717) is 16.6 Å². The Bertz CT molecular complexity index is 815. The maximum absolute atomic E-state index is 13.8. The van der Waals surface area contributed by atoms with Crippen LogP contribution in [0, 0.1) is 5.82 Å². The highest BCUT2D eigenvalue weighted by molar-refractivity contribution is 5.84.